The maximum Gasteiger partial charge on any atom is 0.251 e. The molecule has 6 heteroatoms. The number of nitrogens with zero attached hydrogens (tertiary/aromatic N) is 1. The van der Waals surface area contributed by atoms with Gasteiger partial charge in [0.2, 0.25) is 5.91 Å². The van der Waals surface area contributed by atoms with Crippen molar-refractivity contribution in [3.05, 3.63) is 106 Å². The van der Waals surface area contributed by atoms with Crippen LogP contribution in [0.2, 0.25) is 5.02 Å². The van der Waals surface area contributed by atoms with Crippen LogP contribution >= 0.6 is 23.4 Å². The first kappa shape index (κ1) is 23.4. The highest BCUT2D eigenvalue weighted by molar-refractivity contribution is 8.00. The van der Waals surface area contributed by atoms with E-state index in [4.69, 9.17) is 11.6 Å². The number of halogens is 1. The molecule has 4 nitrogen and oxygen atoms in total. The fraction of sp³-hybridized carbons (Fsp3) is 0.259. The summed E-state index contributed by atoms with van der Waals surface area (Å²) in [4.78, 5) is 26.9. The summed E-state index contributed by atoms with van der Waals surface area (Å²) < 4.78 is 0. The third-order valence-corrected chi connectivity index (χ3v) is 7.25. The van der Waals surface area contributed by atoms with E-state index in [9.17, 15) is 9.59 Å². The first-order chi connectivity index (χ1) is 16.0. The molecule has 4 rings (SSSR count). The van der Waals surface area contributed by atoms with Crippen LogP contribution in [-0.4, -0.2) is 29.0 Å². The predicted molar refractivity (Wildman–Crippen MR) is 135 cm³/mol. The lowest BCUT2D eigenvalue weighted by molar-refractivity contribution is -0.128. The van der Waals surface area contributed by atoms with E-state index in [0.29, 0.717) is 29.4 Å². The second kappa shape index (κ2) is 10.9. The van der Waals surface area contributed by atoms with Crippen LogP contribution in [0.25, 0.3) is 0 Å². The van der Waals surface area contributed by atoms with Gasteiger partial charge in [0, 0.05) is 23.7 Å². The van der Waals surface area contributed by atoms with Crippen LogP contribution in [0.1, 0.15) is 44.4 Å². The highest BCUT2D eigenvalue weighted by atomic mass is 35.5. The number of aryl methyl sites for hydroxylation is 2. The van der Waals surface area contributed by atoms with Crippen molar-refractivity contribution in [2.24, 2.45) is 0 Å². The molecule has 1 N–H and O–H groups in total. The molecule has 0 radical (unpaired) electrons. The molecular weight excluding hydrogens is 452 g/mol. The fourth-order valence-corrected chi connectivity index (χ4v) is 5.15. The number of thioether (sulfide) groups is 1. The predicted octanol–water partition coefficient (Wildman–Crippen LogP) is 5.79. The number of carbonyl (C=O) groups is 2. The van der Waals surface area contributed by atoms with Crippen LogP contribution in [0.15, 0.2) is 72.8 Å². The van der Waals surface area contributed by atoms with Gasteiger partial charge in [-0.05, 0) is 60.7 Å². The summed E-state index contributed by atoms with van der Waals surface area (Å²) in [7, 11) is 0. The SMILES string of the molecule is Cc1ccc(CCCNC(=O)c2ccc([C@@H]3SCC(=O)N3Cc3ccc(Cl)cc3)cc2)cc1. The molecule has 0 spiro atoms. The van der Waals surface area contributed by atoms with E-state index in [1.165, 1.54) is 11.1 Å². The van der Waals surface area contributed by atoms with Gasteiger partial charge in [-0.2, -0.15) is 0 Å². The Balaban J connectivity index is 1.31. The molecule has 0 unspecified atom stereocenters. The molecule has 3 aromatic carbocycles. The standard InChI is InChI=1S/C27H27ClN2O2S/c1-19-4-6-20(7-5-19)3-2-16-29-26(32)22-10-12-23(13-11-22)27-30(25(31)18-33-27)17-21-8-14-24(28)15-9-21/h4-15,27H,2-3,16-18H2,1H3,(H,29,32)/t27-/m0/s1. The van der Waals surface area contributed by atoms with Gasteiger partial charge >= 0.3 is 0 Å². The van der Waals surface area contributed by atoms with Gasteiger partial charge in [-0.3, -0.25) is 9.59 Å². The number of hydrogen-bond donors (Lipinski definition) is 1. The zero-order valence-electron chi connectivity index (χ0n) is 18.6. The van der Waals surface area contributed by atoms with Crippen molar-refractivity contribution in [2.45, 2.75) is 31.7 Å². The Morgan fingerprint density at radius 2 is 1.67 bits per heavy atom. The third-order valence-electron chi connectivity index (χ3n) is 5.74. The summed E-state index contributed by atoms with van der Waals surface area (Å²) in [5.74, 6) is 0.510. The summed E-state index contributed by atoms with van der Waals surface area (Å²) >= 11 is 7.59. The Bertz CT molecular complexity index is 1100. The van der Waals surface area contributed by atoms with Crippen LogP contribution in [0.5, 0.6) is 0 Å². The average molecular weight is 479 g/mol. The van der Waals surface area contributed by atoms with Crippen LogP contribution in [0, 0.1) is 6.92 Å². The fourth-order valence-electron chi connectivity index (χ4n) is 3.84. The van der Waals surface area contributed by atoms with Gasteiger partial charge in [0.15, 0.2) is 0 Å². The van der Waals surface area contributed by atoms with Gasteiger partial charge in [0.05, 0.1) is 5.75 Å². The van der Waals surface area contributed by atoms with Crippen LogP contribution in [0.4, 0.5) is 0 Å². The van der Waals surface area contributed by atoms with Crippen molar-refractivity contribution in [3.63, 3.8) is 0 Å². The van der Waals surface area contributed by atoms with Gasteiger partial charge < -0.3 is 10.2 Å². The highest BCUT2D eigenvalue weighted by Gasteiger charge is 2.32. The molecule has 3 aromatic rings. The van der Waals surface area contributed by atoms with Gasteiger partial charge in [-0.15, -0.1) is 11.8 Å². The first-order valence-electron chi connectivity index (χ1n) is 11.1. The van der Waals surface area contributed by atoms with E-state index >= 15 is 0 Å². The zero-order chi connectivity index (χ0) is 23.2. The molecule has 1 aliphatic heterocycles. The monoisotopic (exact) mass is 478 g/mol. The number of benzene rings is 3. The normalized spacial score (nSPS) is 15.6. The summed E-state index contributed by atoms with van der Waals surface area (Å²) in [6.45, 7) is 3.25. The summed E-state index contributed by atoms with van der Waals surface area (Å²) in [5, 5.41) is 3.63. The smallest absolute Gasteiger partial charge is 0.251 e. The summed E-state index contributed by atoms with van der Waals surface area (Å²) in [6.07, 6.45) is 1.84. The number of nitrogens with one attached hydrogen (secondary N) is 1. The van der Waals surface area contributed by atoms with Crippen LogP contribution in [0.3, 0.4) is 0 Å². The van der Waals surface area contributed by atoms with Crippen molar-refractivity contribution in [1.29, 1.82) is 0 Å². The first-order valence-corrected chi connectivity index (χ1v) is 12.5. The molecule has 170 valence electrons. The number of amides is 2. The maximum absolute atomic E-state index is 12.5. The Morgan fingerprint density at radius 1 is 1.00 bits per heavy atom. The Kier molecular flexibility index (Phi) is 7.73. The van der Waals surface area contributed by atoms with E-state index < -0.39 is 0 Å². The lowest BCUT2D eigenvalue weighted by atomic mass is 10.1. The van der Waals surface area contributed by atoms with Crippen molar-refractivity contribution in [3.8, 4) is 0 Å². The number of carbonyl (C=O) groups excluding carboxylic acids is 2. The lowest BCUT2D eigenvalue weighted by Crippen LogP contribution is -2.28. The molecule has 1 aliphatic rings. The molecular formula is C27H27ClN2O2S. The van der Waals surface area contributed by atoms with E-state index in [2.05, 4.69) is 36.5 Å². The highest BCUT2D eigenvalue weighted by Crippen LogP contribution is 2.39. The second-order valence-electron chi connectivity index (χ2n) is 8.28. The molecule has 2 amide bonds. The van der Waals surface area contributed by atoms with Gasteiger partial charge in [0.25, 0.3) is 5.91 Å². The zero-order valence-corrected chi connectivity index (χ0v) is 20.2. The minimum atomic E-state index is -0.0707. The van der Waals surface area contributed by atoms with E-state index in [-0.39, 0.29) is 17.2 Å². The topological polar surface area (TPSA) is 49.4 Å². The molecule has 0 saturated carbocycles. The van der Waals surface area contributed by atoms with Crippen LogP contribution < -0.4 is 5.32 Å². The number of rotatable bonds is 8. The van der Waals surface area contributed by atoms with Crippen LogP contribution in [-0.2, 0) is 17.8 Å². The quantitative estimate of drug-likeness (QED) is 0.417. The molecule has 1 atom stereocenters. The molecule has 0 aliphatic carbocycles. The van der Waals surface area contributed by atoms with E-state index in [1.807, 2.05) is 53.4 Å². The van der Waals surface area contributed by atoms with E-state index in [0.717, 1.165) is 24.0 Å². The second-order valence-corrected chi connectivity index (χ2v) is 9.78. The van der Waals surface area contributed by atoms with Gasteiger partial charge in [-0.1, -0.05) is 65.7 Å². The average Bonchev–Trinajstić information content (AvgIpc) is 3.19. The molecule has 33 heavy (non-hydrogen) atoms. The molecule has 1 fully saturated rings. The molecule has 1 saturated heterocycles. The number of hydrogen-bond acceptors (Lipinski definition) is 3. The Morgan fingerprint density at radius 3 is 2.36 bits per heavy atom. The molecule has 0 bridgehead atoms. The van der Waals surface area contributed by atoms with Crippen molar-refractivity contribution < 1.29 is 9.59 Å². The summed E-state index contributed by atoms with van der Waals surface area (Å²) in [6, 6.07) is 23.7. The van der Waals surface area contributed by atoms with Gasteiger partial charge in [-0.25, -0.2) is 0 Å². The van der Waals surface area contributed by atoms with Crippen molar-refractivity contribution >= 4 is 35.2 Å². The van der Waals surface area contributed by atoms with Gasteiger partial charge in [0.1, 0.15) is 5.37 Å². The maximum atomic E-state index is 12.5. The largest absolute Gasteiger partial charge is 0.352 e. The summed E-state index contributed by atoms with van der Waals surface area (Å²) in [5.41, 5.74) is 5.24. The Hall–Kier alpha value is -2.76. The minimum absolute atomic E-state index is 0.0557. The van der Waals surface area contributed by atoms with Crippen molar-refractivity contribution in [2.75, 3.05) is 12.3 Å². The molecule has 1 heterocycles. The third kappa shape index (κ3) is 6.18. The Labute approximate surface area is 204 Å². The van der Waals surface area contributed by atoms with E-state index in [1.54, 1.807) is 11.8 Å². The van der Waals surface area contributed by atoms with Crippen molar-refractivity contribution in [1.82, 2.24) is 10.2 Å². The minimum Gasteiger partial charge on any atom is -0.352 e. The lowest BCUT2D eigenvalue weighted by Gasteiger charge is -2.24. The molecule has 0 aromatic heterocycles.